The lowest BCUT2D eigenvalue weighted by Gasteiger charge is -2.33. The Balaban J connectivity index is 3.10. The second-order valence-electron chi connectivity index (χ2n) is 7.84. The van der Waals surface area contributed by atoms with Crippen LogP contribution in [0.5, 0.6) is 5.75 Å². The molecule has 27 heavy (non-hydrogen) atoms. The van der Waals surface area contributed by atoms with Crippen LogP contribution in [0.1, 0.15) is 13.8 Å². The Bertz CT molecular complexity index is 748. The minimum absolute atomic E-state index is 0.00134. The first kappa shape index (κ1) is 24.0. The first-order valence-electron chi connectivity index (χ1n) is 8.74. The van der Waals surface area contributed by atoms with Crippen molar-refractivity contribution in [2.75, 3.05) is 20.0 Å². The Morgan fingerprint density at radius 3 is 2.37 bits per heavy atom. The monoisotopic (exact) mass is 433 g/mol. The molecule has 1 aromatic rings. The van der Waals surface area contributed by atoms with Crippen LogP contribution in [0.4, 0.5) is 0 Å². The van der Waals surface area contributed by atoms with E-state index in [4.69, 9.17) is 9.47 Å². The molecule has 2 atom stereocenters. The molecular weight excluding hydrogens is 402 g/mol. The van der Waals surface area contributed by atoms with Crippen molar-refractivity contribution in [3.63, 3.8) is 0 Å². The third-order valence-electron chi connectivity index (χ3n) is 4.28. The molecule has 0 radical (unpaired) electrons. The smallest absolute Gasteiger partial charge is 0.327 e. The third-order valence-corrected chi connectivity index (χ3v) is 9.29. The normalized spacial score (nSPS) is 15.7. The van der Waals surface area contributed by atoms with Gasteiger partial charge in [-0.2, -0.15) is 4.72 Å². The van der Waals surface area contributed by atoms with Crippen LogP contribution in [0.3, 0.4) is 0 Å². The Labute approximate surface area is 168 Å². The van der Waals surface area contributed by atoms with Gasteiger partial charge in [-0.25, -0.2) is 13.2 Å². The van der Waals surface area contributed by atoms with E-state index in [9.17, 15) is 13.2 Å². The molecule has 2 unspecified atom stereocenters. The predicted molar refractivity (Wildman–Crippen MR) is 114 cm³/mol. The molecule has 6 nitrogen and oxygen atoms in total. The minimum atomic E-state index is -3.64. The zero-order chi connectivity index (χ0) is 20.9. The second-order valence-corrected chi connectivity index (χ2v) is 16.7. The molecule has 0 spiro atoms. The van der Waals surface area contributed by atoms with Crippen LogP contribution in [0, 0.1) is 0 Å². The summed E-state index contributed by atoms with van der Waals surface area (Å²) in [6.45, 7) is 9.71. The van der Waals surface area contributed by atoms with Crippen LogP contribution >= 0.6 is 11.8 Å². The number of sulfonamides is 1. The van der Waals surface area contributed by atoms with Gasteiger partial charge in [0.15, 0.2) is 0 Å². The maximum absolute atomic E-state index is 12.7. The van der Waals surface area contributed by atoms with Gasteiger partial charge < -0.3 is 9.47 Å². The highest BCUT2D eigenvalue weighted by molar-refractivity contribution is 8.00. The minimum Gasteiger partial charge on any atom is -0.496 e. The summed E-state index contributed by atoms with van der Waals surface area (Å²) in [6.07, 6.45) is 0. The van der Waals surface area contributed by atoms with Gasteiger partial charge in [0, 0.05) is 18.2 Å². The highest BCUT2D eigenvalue weighted by atomic mass is 32.2. The molecule has 0 fully saturated rings. The van der Waals surface area contributed by atoms with Crippen molar-refractivity contribution in [1.29, 1.82) is 0 Å². The lowest BCUT2D eigenvalue weighted by molar-refractivity contribution is -0.146. The summed E-state index contributed by atoms with van der Waals surface area (Å²) in [5.74, 6) is 0.0542. The molecule has 0 amide bonds. The molecule has 1 aromatic carbocycles. The summed E-state index contributed by atoms with van der Waals surface area (Å²) < 4.78 is 38.2. The molecular formula is C18H31NO5S2Si. The Morgan fingerprint density at radius 1 is 1.26 bits per heavy atom. The SMILES string of the molecule is COC(=O)C(C)(NS(=O)(=O)CC[Si](C)(C)C)C(C)Sc1ccccc1OC. The summed E-state index contributed by atoms with van der Waals surface area (Å²) in [5, 5.41) is -0.428. The molecule has 1 rings (SSSR count). The van der Waals surface area contributed by atoms with Gasteiger partial charge in [0.2, 0.25) is 10.0 Å². The van der Waals surface area contributed by atoms with Crippen molar-refractivity contribution >= 4 is 35.8 Å². The fourth-order valence-corrected chi connectivity index (χ4v) is 8.15. The van der Waals surface area contributed by atoms with Crippen LogP contribution in [-0.2, 0) is 19.6 Å². The maximum atomic E-state index is 12.7. The first-order valence-corrected chi connectivity index (χ1v) is 15.0. The summed E-state index contributed by atoms with van der Waals surface area (Å²) >= 11 is 1.37. The van der Waals surface area contributed by atoms with Gasteiger partial charge >= 0.3 is 5.97 Å². The molecule has 1 N–H and O–H groups in total. The summed E-state index contributed by atoms with van der Waals surface area (Å²) in [6, 6.07) is 8.03. The quantitative estimate of drug-likeness (QED) is 0.346. The summed E-state index contributed by atoms with van der Waals surface area (Å²) in [5.41, 5.74) is -1.40. The van der Waals surface area contributed by atoms with Crippen molar-refractivity contribution in [3.05, 3.63) is 24.3 Å². The van der Waals surface area contributed by atoms with Crippen LogP contribution < -0.4 is 9.46 Å². The van der Waals surface area contributed by atoms with Gasteiger partial charge in [0.05, 0.1) is 20.0 Å². The molecule has 0 heterocycles. The molecule has 9 heteroatoms. The fourth-order valence-electron chi connectivity index (χ4n) is 2.34. The molecule has 0 saturated carbocycles. The standard InChI is InChI=1S/C18H31NO5S2Si/c1-14(25-16-11-9-8-10-15(16)23-3)18(2,17(20)24-4)19-26(21,22)12-13-27(5,6)7/h8-11,14,19H,12-13H2,1-7H3. The number of para-hydroxylation sites is 1. The largest absolute Gasteiger partial charge is 0.496 e. The molecule has 0 aromatic heterocycles. The van der Waals surface area contributed by atoms with Crippen molar-refractivity contribution in [2.24, 2.45) is 0 Å². The van der Waals surface area contributed by atoms with Gasteiger partial charge in [0.25, 0.3) is 0 Å². The van der Waals surface area contributed by atoms with E-state index >= 15 is 0 Å². The van der Waals surface area contributed by atoms with Gasteiger partial charge in [-0.1, -0.05) is 38.7 Å². The molecule has 0 bridgehead atoms. The van der Waals surface area contributed by atoms with Crippen LogP contribution in [-0.4, -0.2) is 53.2 Å². The lowest BCUT2D eigenvalue weighted by atomic mass is 10.0. The number of ether oxygens (including phenoxy) is 2. The van der Waals surface area contributed by atoms with Crippen LogP contribution in [0.15, 0.2) is 29.2 Å². The van der Waals surface area contributed by atoms with E-state index in [1.807, 2.05) is 24.3 Å². The van der Waals surface area contributed by atoms with Gasteiger partial charge in [-0.15, -0.1) is 11.8 Å². The van der Waals surface area contributed by atoms with Crippen LogP contribution in [0.2, 0.25) is 25.7 Å². The number of rotatable bonds is 10. The van der Waals surface area contributed by atoms with E-state index in [1.54, 1.807) is 21.0 Å². The molecule has 0 aliphatic carbocycles. The third kappa shape index (κ3) is 7.13. The van der Waals surface area contributed by atoms with Crippen molar-refractivity contribution in [2.45, 2.75) is 55.2 Å². The first-order chi connectivity index (χ1) is 12.3. The number of carbonyl (C=O) groups excluding carboxylic acids is 1. The van der Waals surface area contributed by atoms with Crippen LogP contribution in [0.25, 0.3) is 0 Å². The fraction of sp³-hybridized carbons (Fsp3) is 0.611. The number of thioether (sulfide) groups is 1. The van der Waals surface area contributed by atoms with E-state index in [-0.39, 0.29) is 5.75 Å². The van der Waals surface area contributed by atoms with Crippen molar-refractivity contribution in [3.8, 4) is 5.75 Å². The van der Waals surface area contributed by atoms with Crippen molar-refractivity contribution in [1.82, 2.24) is 4.72 Å². The molecule has 0 aliphatic rings. The number of esters is 1. The number of hydrogen-bond acceptors (Lipinski definition) is 6. The Morgan fingerprint density at radius 2 is 1.85 bits per heavy atom. The van der Waals surface area contributed by atoms with Gasteiger partial charge in [0.1, 0.15) is 11.3 Å². The number of methoxy groups -OCH3 is 2. The van der Waals surface area contributed by atoms with Crippen molar-refractivity contribution < 1.29 is 22.7 Å². The molecule has 0 aliphatic heterocycles. The maximum Gasteiger partial charge on any atom is 0.327 e. The molecule has 0 saturated heterocycles. The topological polar surface area (TPSA) is 81.7 Å². The Kier molecular flexibility index (Phi) is 8.40. The van der Waals surface area contributed by atoms with E-state index in [1.165, 1.54) is 18.9 Å². The van der Waals surface area contributed by atoms with E-state index < -0.39 is 34.9 Å². The second kappa shape index (κ2) is 9.44. The summed E-state index contributed by atoms with van der Waals surface area (Å²) in [4.78, 5) is 13.3. The Hall–Kier alpha value is -1.03. The number of hydrogen-bond donors (Lipinski definition) is 1. The highest BCUT2D eigenvalue weighted by Gasteiger charge is 2.44. The average Bonchev–Trinajstić information content (AvgIpc) is 2.58. The van der Waals surface area contributed by atoms with Gasteiger partial charge in [-0.3, -0.25) is 0 Å². The van der Waals surface area contributed by atoms with E-state index in [0.717, 1.165) is 4.90 Å². The zero-order valence-electron chi connectivity index (χ0n) is 17.2. The number of nitrogens with one attached hydrogen (secondary N) is 1. The number of benzene rings is 1. The lowest BCUT2D eigenvalue weighted by Crippen LogP contribution is -2.59. The highest BCUT2D eigenvalue weighted by Crippen LogP contribution is 2.36. The summed E-state index contributed by atoms with van der Waals surface area (Å²) in [7, 11) is -2.34. The molecule has 154 valence electrons. The van der Waals surface area contributed by atoms with E-state index in [2.05, 4.69) is 24.4 Å². The van der Waals surface area contributed by atoms with Gasteiger partial charge in [-0.05, 0) is 25.1 Å². The van der Waals surface area contributed by atoms with E-state index in [0.29, 0.717) is 11.8 Å². The number of carbonyl (C=O) groups is 1. The zero-order valence-corrected chi connectivity index (χ0v) is 19.8. The average molecular weight is 434 g/mol. The predicted octanol–water partition coefficient (Wildman–Crippen LogP) is 3.37.